The van der Waals surface area contributed by atoms with Crippen LogP contribution in [-0.2, 0) is 7.05 Å². The molecule has 21 heavy (non-hydrogen) atoms. The number of aromatic amines is 2. The lowest BCUT2D eigenvalue weighted by Gasteiger charge is -1.94. The fourth-order valence-corrected chi connectivity index (χ4v) is 3.46. The Morgan fingerprint density at radius 1 is 0.762 bits per heavy atom. The Hall–Kier alpha value is -2.81. The third-order valence-corrected chi connectivity index (χ3v) is 4.34. The number of aryl methyl sites for hydroxylation is 1. The minimum Gasteiger partial charge on any atom is -0.350 e. The van der Waals surface area contributed by atoms with E-state index >= 15 is 0 Å². The molecule has 0 saturated carbocycles. The van der Waals surface area contributed by atoms with Crippen molar-refractivity contribution in [2.45, 2.75) is 0 Å². The van der Waals surface area contributed by atoms with Crippen molar-refractivity contribution in [1.29, 1.82) is 0 Å². The van der Waals surface area contributed by atoms with Crippen molar-refractivity contribution in [3.8, 4) is 0 Å². The van der Waals surface area contributed by atoms with Crippen molar-refractivity contribution < 1.29 is 4.57 Å². The summed E-state index contributed by atoms with van der Waals surface area (Å²) in [5, 5.41) is 3.81. The summed E-state index contributed by atoms with van der Waals surface area (Å²) in [5.41, 5.74) is 5.98. The summed E-state index contributed by atoms with van der Waals surface area (Å²) in [5.74, 6) is 0. The molecular formula is C18H14N3+. The molecule has 0 atom stereocenters. The van der Waals surface area contributed by atoms with Crippen molar-refractivity contribution >= 4 is 43.7 Å². The van der Waals surface area contributed by atoms with Gasteiger partial charge in [-0.2, -0.15) is 4.57 Å². The highest BCUT2D eigenvalue weighted by atomic mass is 15.0. The maximum absolute atomic E-state index is 3.60. The van der Waals surface area contributed by atoms with E-state index in [1.807, 2.05) is 0 Å². The van der Waals surface area contributed by atoms with E-state index in [2.05, 4.69) is 76.3 Å². The van der Waals surface area contributed by atoms with Crippen LogP contribution in [0.2, 0.25) is 0 Å². The molecule has 0 aliphatic heterocycles. The van der Waals surface area contributed by atoms with Crippen LogP contribution in [-0.4, -0.2) is 9.97 Å². The maximum Gasteiger partial charge on any atom is 0.238 e. The monoisotopic (exact) mass is 272 g/mol. The highest BCUT2D eigenvalue weighted by molar-refractivity contribution is 6.21. The molecule has 0 saturated heterocycles. The van der Waals surface area contributed by atoms with Gasteiger partial charge in [0.15, 0.2) is 6.20 Å². The summed E-state index contributed by atoms with van der Waals surface area (Å²) < 4.78 is 2.20. The minimum atomic E-state index is 1.16. The zero-order chi connectivity index (χ0) is 14.0. The number of para-hydroxylation sites is 2. The van der Waals surface area contributed by atoms with E-state index in [4.69, 9.17) is 0 Å². The predicted molar refractivity (Wildman–Crippen MR) is 86.3 cm³/mol. The maximum atomic E-state index is 3.60. The van der Waals surface area contributed by atoms with E-state index in [1.54, 1.807) is 0 Å². The molecule has 0 spiro atoms. The smallest absolute Gasteiger partial charge is 0.238 e. The number of nitrogens with one attached hydrogen (secondary N) is 2. The molecule has 5 rings (SSSR count). The van der Waals surface area contributed by atoms with Crippen LogP contribution in [0.15, 0.2) is 54.7 Å². The van der Waals surface area contributed by atoms with Crippen LogP contribution in [0.5, 0.6) is 0 Å². The summed E-state index contributed by atoms with van der Waals surface area (Å²) in [7, 11) is 2.10. The Balaban J connectivity index is 2.17. The van der Waals surface area contributed by atoms with E-state index in [9.17, 15) is 0 Å². The molecule has 3 aromatic heterocycles. The van der Waals surface area contributed by atoms with Gasteiger partial charge >= 0.3 is 0 Å². The van der Waals surface area contributed by atoms with Crippen molar-refractivity contribution in [1.82, 2.24) is 9.97 Å². The molecule has 3 nitrogen and oxygen atoms in total. The van der Waals surface area contributed by atoms with Crippen LogP contribution in [0.1, 0.15) is 0 Å². The summed E-state index contributed by atoms with van der Waals surface area (Å²) in [6, 6.07) is 16.9. The molecule has 0 aliphatic rings. The van der Waals surface area contributed by atoms with Crippen LogP contribution in [0.3, 0.4) is 0 Å². The molecule has 0 fully saturated rings. The molecule has 0 unspecified atom stereocenters. The molecule has 3 heteroatoms. The molecule has 5 aromatic rings. The topological polar surface area (TPSA) is 35.5 Å². The SMILES string of the molecule is C[n+]1cc2[nH]c3ccccc3c2c2[nH]c3ccccc3c21. The minimum absolute atomic E-state index is 1.16. The summed E-state index contributed by atoms with van der Waals surface area (Å²) in [6.07, 6.45) is 2.18. The van der Waals surface area contributed by atoms with Gasteiger partial charge in [-0.3, -0.25) is 0 Å². The van der Waals surface area contributed by atoms with Crippen LogP contribution >= 0.6 is 0 Å². The van der Waals surface area contributed by atoms with Crippen LogP contribution < -0.4 is 4.57 Å². The number of hydrogen-bond donors (Lipinski definition) is 2. The van der Waals surface area contributed by atoms with Gasteiger partial charge in [0.25, 0.3) is 0 Å². The second kappa shape index (κ2) is 3.64. The zero-order valence-corrected chi connectivity index (χ0v) is 11.6. The summed E-state index contributed by atoms with van der Waals surface area (Å²) in [6.45, 7) is 0. The lowest BCUT2D eigenvalue weighted by Crippen LogP contribution is -2.27. The van der Waals surface area contributed by atoms with E-state index in [0.717, 1.165) is 5.52 Å². The number of rotatable bonds is 0. The second-order valence-electron chi connectivity index (χ2n) is 5.59. The largest absolute Gasteiger partial charge is 0.350 e. The molecular weight excluding hydrogens is 258 g/mol. The molecule has 0 radical (unpaired) electrons. The third-order valence-electron chi connectivity index (χ3n) is 4.34. The Bertz CT molecular complexity index is 1140. The van der Waals surface area contributed by atoms with E-state index < -0.39 is 0 Å². The Labute approximate surface area is 120 Å². The fourth-order valence-electron chi connectivity index (χ4n) is 3.46. The molecule has 0 bridgehead atoms. The van der Waals surface area contributed by atoms with Gasteiger partial charge < -0.3 is 9.97 Å². The predicted octanol–water partition coefficient (Wildman–Crippen LogP) is 3.78. The van der Waals surface area contributed by atoms with Gasteiger partial charge in [0.2, 0.25) is 5.52 Å². The number of hydrogen-bond acceptors (Lipinski definition) is 0. The van der Waals surface area contributed by atoms with E-state index in [0.29, 0.717) is 0 Å². The van der Waals surface area contributed by atoms with Crippen molar-refractivity contribution in [3.63, 3.8) is 0 Å². The fraction of sp³-hybridized carbons (Fsp3) is 0.0556. The van der Waals surface area contributed by atoms with Crippen LogP contribution in [0, 0.1) is 0 Å². The lowest BCUT2D eigenvalue weighted by molar-refractivity contribution is -0.642. The Morgan fingerprint density at radius 3 is 2.24 bits per heavy atom. The van der Waals surface area contributed by atoms with Crippen molar-refractivity contribution in [2.24, 2.45) is 7.05 Å². The number of pyridine rings is 1. The Morgan fingerprint density at radius 2 is 1.43 bits per heavy atom. The molecule has 0 aliphatic carbocycles. The molecule has 2 aromatic carbocycles. The van der Waals surface area contributed by atoms with Crippen molar-refractivity contribution in [3.05, 3.63) is 54.7 Å². The molecule has 2 N–H and O–H groups in total. The molecule has 3 heterocycles. The molecule has 100 valence electrons. The van der Waals surface area contributed by atoms with Gasteiger partial charge in [0.1, 0.15) is 18.1 Å². The standard InChI is InChI=1S/C18H13N3/c1-21-10-15-16(11-6-2-4-8-13(11)19-15)17-18(21)12-7-3-5-9-14(12)20-17/h2-10H,1H3,(H,19,20)/p+1. The zero-order valence-electron chi connectivity index (χ0n) is 11.6. The van der Waals surface area contributed by atoms with Gasteiger partial charge in [0.05, 0.1) is 10.9 Å². The number of benzene rings is 2. The van der Waals surface area contributed by atoms with Crippen LogP contribution in [0.25, 0.3) is 43.7 Å². The summed E-state index contributed by atoms with van der Waals surface area (Å²) in [4.78, 5) is 7.11. The molecule has 0 amide bonds. The first kappa shape index (κ1) is 10.9. The second-order valence-corrected chi connectivity index (χ2v) is 5.59. The highest BCUT2D eigenvalue weighted by Crippen LogP contribution is 2.32. The van der Waals surface area contributed by atoms with E-state index in [-0.39, 0.29) is 0 Å². The number of H-pyrrole nitrogens is 2. The van der Waals surface area contributed by atoms with Crippen molar-refractivity contribution in [2.75, 3.05) is 0 Å². The average molecular weight is 272 g/mol. The highest BCUT2D eigenvalue weighted by Gasteiger charge is 2.19. The average Bonchev–Trinajstić information content (AvgIpc) is 3.04. The van der Waals surface area contributed by atoms with Crippen LogP contribution in [0.4, 0.5) is 0 Å². The number of aromatic nitrogens is 3. The van der Waals surface area contributed by atoms with Gasteiger partial charge in [-0.1, -0.05) is 30.3 Å². The quantitative estimate of drug-likeness (QED) is 0.402. The number of fused-ring (bicyclic) bond motifs is 7. The Kier molecular flexibility index (Phi) is 1.89. The third kappa shape index (κ3) is 1.30. The first-order valence-corrected chi connectivity index (χ1v) is 7.12. The van der Waals surface area contributed by atoms with Gasteiger partial charge in [-0.25, -0.2) is 0 Å². The first-order chi connectivity index (χ1) is 10.3. The van der Waals surface area contributed by atoms with Gasteiger partial charge in [0, 0.05) is 16.3 Å². The van der Waals surface area contributed by atoms with Gasteiger partial charge in [-0.15, -0.1) is 0 Å². The lowest BCUT2D eigenvalue weighted by atomic mass is 10.1. The number of nitrogens with zero attached hydrogens (tertiary/aromatic N) is 1. The summed E-state index contributed by atoms with van der Waals surface area (Å²) >= 11 is 0. The first-order valence-electron chi connectivity index (χ1n) is 7.12. The van der Waals surface area contributed by atoms with Gasteiger partial charge in [-0.05, 0) is 18.2 Å². The van der Waals surface area contributed by atoms with E-state index in [1.165, 1.54) is 38.2 Å². The normalized spacial score (nSPS) is 12.0.